The molecule has 0 N–H and O–H groups in total. The number of thiazole rings is 1. The average Bonchev–Trinajstić information content (AvgIpc) is 3.26. The number of rotatable bonds is 5. The Morgan fingerprint density at radius 3 is 2.43 bits per heavy atom. The Morgan fingerprint density at radius 1 is 1.14 bits per heavy atom. The van der Waals surface area contributed by atoms with E-state index < -0.39 is 0 Å². The highest BCUT2D eigenvalue weighted by Crippen LogP contribution is 2.56. The molecule has 2 aromatic heterocycles. The highest BCUT2D eigenvalue weighted by molar-refractivity contribution is 7.12. The number of aromatic nitrogens is 2. The summed E-state index contributed by atoms with van der Waals surface area (Å²) in [6.45, 7) is 3.72. The van der Waals surface area contributed by atoms with E-state index in [2.05, 4.69) is 4.98 Å². The van der Waals surface area contributed by atoms with E-state index >= 15 is 0 Å². The molecular formula is C22H26N2O3S. The summed E-state index contributed by atoms with van der Waals surface area (Å²) in [5, 5.41) is 2.77. The first-order valence-corrected chi connectivity index (χ1v) is 11.2. The van der Waals surface area contributed by atoms with E-state index in [0.717, 1.165) is 28.4 Å². The van der Waals surface area contributed by atoms with Gasteiger partial charge >= 0.3 is 5.97 Å². The second-order valence-electron chi connectivity index (χ2n) is 8.92. The summed E-state index contributed by atoms with van der Waals surface area (Å²) in [7, 11) is 0. The lowest BCUT2D eigenvalue weighted by Crippen LogP contribution is -2.48. The first-order valence-electron chi connectivity index (χ1n) is 10.3. The third-order valence-electron chi connectivity index (χ3n) is 7.19. The van der Waals surface area contributed by atoms with E-state index in [-0.39, 0.29) is 24.3 Å². The molecule has 4 bridgehead atoms. The van der Waals surface area contributed by atoms with Crippen LogP contribution in [0.5, 0.6) is 0 Å². The first-order chi connectivity index (χ1) is 13.5. The number of esters is 1. The number of ketones is 1. The number of hydrogen-bond acceptors (Lipinski definition) is 5. The lowest BCUT2D eigenvalue weighted by atomic mass is 9.52. The van der Waals surface area contributed by atoms with Crippen LogP contribution in [-0.4, -0.2) is 27.9 Å². The molecule has 0 amide bonds. The van der Waals surface area contributed by atoms with E-state index in [9.17, 15) is 9.59 Å². The van der Waals surface area contributed by atoms with Crippen molar-refractivity contribution in [1.82, 2.24) is 9.55 Å². The molecule has 0 atom stereocenters. The summed E-state index contributed by atoms with van der Waals surface area (Å²) in [4.78, 5) is 30.0. The van der Waals surface area contributed by atoms with E-state index in [1.807, 2.05) is 29.9 Å². The van der Waals surface area contributed by atoms with Crippen molar-refractivity contribution < 1.29 is 14.3 Å². The van der Waals surface area contributed by atoms with Crippen molar-refractivity contribution in [2.45, 2.75) is 46.0 Å². The van der Waals surface area contributed by atoms with Gasteiger partial charge in [-0.25, -0.2) is 4.98 Å². The molecule has 0 aliphatic heterocycles. The zero-order chi connectivity index (χ0) is 19.4. The number of carbonyl (C=O) groups is 2. The SMILES string of the molecule is Cc1cc(C(=O)COC(=O)C2C3CC4CC(C3)CC2C4)c(C)n1-c1nccs1. The highest BCUT2D eigenvalue weighted by Gasteiger charge is 2.51. The van der Waals surface area contributed by atoms with Gasteiger partial charge in [0, 0.05) is 28.5 Å². The van der Waals surface area contributed by atoms with Crippen molar-refractivity contribution in [2.24, 2.45) is 29.6 Å². The minimum absolute atomic E-state index is 0.0170. The van der Waals surface area contributed by atoms with Gasteiger partial charge in [-0.3, -0.25) is 14.2 Å². The van der Waals surface area contributed by atoms with Crippen LogP contribution in [-0.2, 0) is 9.53 Å². The fraction of sp³-hybridized carbons (Fsp3) is 0.591. The number of carbonyl (C=O) groups excluding carboxylic acids is 2. The summed E-state index contributed by atoms with van der Waals surface area (Å²) < 4.78 is 7.55. The highest BCUT2D eigenvalue weighted by atomic mass is 32.1. The normalized spacial score (nSPS) is 30.6. The van der Waals surface area contributed by atoms with E-state index in [0.29, 0.717) is 17.4 Å². The van der Waals surface area contributed by atoms with Gasteiger partial charge in [-0.05, 0) is 75.7 Å². The molecule has 0 radical (unpaired) electrons. The Balaban J connectivity index is 1.27. The second kappa shape index (κ2) is 6.83. The summed E-state index contributed by atoms with van der Waals surface area (Å²) in [6, 6.07) is 1.87. The van der Waals surface area contributed by atoms with Crippen LogP contribution in [0, 0.1) is 43.4 Å². The van der Waals surface area contributed by atoms with Crippen LogP contribution < -0.4 is 0 Å². The largest absolute Gasteiger partial charge is 0.457 e. The zero-order valence-electron chi connectivity index (χ0n) is 16.4. The molecule has 4 aliphatic carbocycles. The fourth-order valence-corrected chi connectivity index (χ4v) is 7.04. The van der Waals surface area contributed by atoms with Crippen molar-refractivity contribution in [3.05, 3.63) is 34.6 Å². The van der Waals surface area contributed by atoms with Gasteiger partial charge in [-0.15, -0.1) is 11.3 Å². The van der Waals surface area contributed by atoms with Crippen LogP contribution in [0.3, 0.4) is 0 Å². The van der Waals surface area contributed by atoms with Crippen LogP contribution in [0.25, 0.3) is 5.13 Å². The molecule has 5 nitrogen and oxygen atoms in total. The Kier molecular flexibility index (Phi) is 4.42. The predicted octanol–water partition coefficient (Wildman–Crippen LogP) is 4.35. The average molecular weight is 399 g/mol. The monoisotopic (exact) mass is 398 g/mol. The van der Waals surface area contributed by atoms with Crippen molar-refractivity contribution in [2.75, 3.05) is 6.61 Å². The quantitative estimate of drug-likeness (QED) is 0.555. The molecule has 6 heteroatoms. The molecule has 0 aromatic carbocycles. The van der Waals surface area contributed by atoms with Crippen LogP contribution in [0.4, 0.5) is 0 Å². The number of hydrogen-bond donors (Lipinski definition) is 0. The third-order valence-corrected chi connectivity index (χ3v) is 7.94. The fourth-order valence-electron chi connectivity index (χ4n) is 6.29. The van der Waals surface area contributed by atoms with E-state index in [1.54, 1.807) is 6.20 Å². The summed E-state index contributed by atoms with van der Waals surface area (Å²) in [6.07, 6.45) is 7.83. The van der Waals surface area contributed by atoms with Crippen molar-refractivity contribution in [3.63, 3.8) is 0 Å². The van der Waals surface area contributed by atoms with E-state index in [4.69, 9.17) is 4.74 Å². The topological polar surface area (TPSA) is 61.2 Å². The number of Topliss-reactive ketones (excluding diaryl/α,β-unsaturated/α-hetero) is 1. The van der Waals surface area contributed by atoms with Crippen LogP contribution in [0.2, 0.25) is 0 Å². The van der Waals surface area contributed by atoms with Gasteiger partial charge in [0.2, 0.25) is 5.78 Å². The molecule has 6 rings (SSSR count). The maximum atomic E-state index is 12.8. The predicted molar refractivity (Wildman–Crippen MR) is 107 cm³/mol. The van der Waals surface area contributed by atoms with Gasteiger partial charge in [0.15, 0.2) is 11.7 Å². The maximum Gasteiger partial charge on any atom is 0.309 e. The molecule has 148 valence electrons. The van der Waals surface area contributed by atoms with Gasteiger partial charge in [0.25, 0.3) is 0 Å². The number of aryl methyl sites for hydroxylation is 1. The minimum atomic E-state index is -0.163. The number of ether oxygens (including phenoxy) is 1. The Labute approximate surface area is 169 Å². The van der Waals surface area contributed by atoms with Crippen molar-refractivity contribution in [1.29, 1.82) is 0 Å². The van der Waals surface area contributed by atoms with Crippen LogP contribution in [0.15, 0.2) is 17.6 Å². The van der Waals surface area contributed by atoms with Crippen LogP contribution >= 0.6 is 11.3 Å². The molecule has 28 heavy (non-hydrogen) atoms. The van der Waals surface area contributed by atoms with Gasteiger partial charge < -0.3 is 4.74 Å². The van der Waals surface area contributed by atoms with E-state index in [1.165, 1.54) is 43.4 Å². The third kappa shape index (κ3) is 2.93. The summed E-state index contributed by atoms with van der Waals surface area (Å²) in [5.41, 5.74) is 2.43. The molecule has 2 heterocycles. The molecule has 0 saturated heterocycles. The maximum absolute atomic E-state index is 12.8. The molecule has 4 saturated carbocycles. The standard InChI is InChI=1S/C22H26N2O3S/c1-12-5-18(13(2)24(12)22-23-3-4-28-22)19(25)11-27-21(26)20-16-7-14-6-15(9-16)10-17(20)8-14/h3-5,14-17,20H,6-11H2,1-2H3. The van der Waals surface area contributed by atoms with Gasteiger partial charge in [0.05, 0.1) is 5.92 Å². The molecule has 4 aliphatic rings. The van der Waals surface area contributed by atoms with Crippen molar-refractivity contribution >= 4 is 23.1 Å². The molecule has 0 spiro atoms. The summed E-state index contributed by atoms with van der Waals surface area (Å²) >= 11 is 1.53. The van der Waals surface area contributed by atoms with Crippen molar-refractivity contribution in [3.8, 4) is 5.13 Å². The van der Waals surface area contributed by atoms with Gasteiger partial charge in [-0.1, -0.05) is 0 Å². The Hall–Kier alpha value is -1.95. The molecule has 4 fully saturated rings. The molecule has 0 unspecified atom stereocenters. The smallest absolute Gasteiger partial charge is 0.309 e. The minimum Gasteiger partial charge on any atom is -0.457 e. The van der Waals surface area contributed by atoms with Crippen LogP contribution in [0.1, 0.15) is 53.8 Å². The Bertz CT molecular complexity index is 887. The Morgan fingerprint density at radius 2 is 1.82 bits per heavy atom. The lowest BCUT2D eigenvalue weighted by Gasteiger charge is -2.53. The number of nitrogens with zero attached hydrogens (tertiary/aromatic N) is 2. The second-order valence-corrected chi connectivity index (χ2v) is 9.80. The zero-order valence-corrected chi connectivity index (χ0v) is 17.2. The molecular weight excluding hydrogens is 372 g/mol. The van der Waals surface area contributed by atoms with Gasteiger partial charge in [-0.2, -0.15) is 0 Å². The summed E-state index contributed by atoms with van der Waals surface area (Å²) in [5.74, 6) is 2.35. The first kappa shape index (κ1) is 18.1. The molecule has 2 aromatic rings. The lowest BCUT2D eigenvalue weighted by molar-refractivity contribution is -0.161. The van der Waals surface area contributed by atoms with Gasteiger partial charge in [0.1, 0.15) is 0 Å².